The summed E-state index contributed by atoms with van der Waals surface area (Å²) in [4.78, 5) is 12.1. The Balaban J connectivity index is 2.17. The van der Waals surface area contributed by atoms with Gasteiger partial charge >= 0.3 is 0 Å². The summed E-state index contributed by atoms with van der Waals surface area (Å²) in [5.41, 5.74) is 4.31. The van der Waals surface area contributed by atoms with Crippen LogP contribution in [-0.4, -0.2) is 16.1 Å². The van der Waals surface area contributed by atoms with E-state index in [9.17, 15) is 4.79 Å². The molecule has 1 amide bonds. The maximum Gasteiger partial charge on any atom is 0.255 e. The van der Waals surface area contributed by atoms with E-state index in [1.165, 1.54) is 5.56 Å². The van der Waals surface area contributed by atoms with E-state index in [2.05, 4.69) is 22.4 Å². The van der Waals surface area contributed by atoms with E-state index in [1.807, 2.05) is 38.1 Å². The SMILES string of the molecule is CCc1ccc(C(=O)Nc2c(C)n[nH]c2C)cc1. The summed E-state index contributed by atoms with van der Waals surface area (Å²) in [7, 11) is 0. The zero-order valence-corrected chi connectivity index (χ0v) is 10.9. The van der Waals surface area contributed by atoms with E-state index >= 15 is 0 Å². The molecule has 0 aliphatic rings. The van der Waals surface area contributed by atoms with Crippen LogP contribution >= 0.6 is 0 Å². The highest BCUT2D eigenvalue weighted by Crippen LogP contribution is 2.17. The molecule has 0 saturated carbocycles. The molecule has 0 saturated heterocycles. The number of carbonyl (C=O) groups excluding carboxylic acids is 1. The normalized spacial score (nSPS) is 10.4. The monoisotopic (exact) mass is 243 g/mol. The number of carbonyl (C=O) groups is 1. The third-order valence-corrected chi connectivity index (χ3v) is 2.99. The average Bonchev–Trinajstić information content (AvgIpc) is 2.70. The molecular formula is C14H17N3O. The zero-order valence-electron chi connectivity index (χ0n) is 10.9. The Hall–Kier alpha value is -2.10. The minimum absolute atomic E-state index is 0.106. The molecule has 2 N–H and O–H groups in total. The zero-order chi connectivity index (χ0) is 13.1. The van der Waals surface area contributed by atoms with Crippen molar-refractivity contribution < 1.29 is 4.79 Å². The molecule has 0 unspecified atom stereocenters. The fourth-order valence-electron chi connectivity index (χ4n) is 1.81. The summed E-state index contributed by atoms with van der Waals surface area (Å²) >= 11 is 0. The van der Waals surface area contributed by atoms with Gasteiger partial charge in [-0.15, -0.1) is 0 Å². The number of rotatable bonds is 3. The molecule has 1 aromatic heterocycles. The Labute approximate surface area is 106 Å². The van der Waals surface area contributed by atoms with Crippen molar-refractivity contribution in [2.45, 2.75) is 27.2 Å². The van der Waals surface area contributed by atoms with Crippen LogP contribution in [0.15, 0.2) is 24.3 Å². The molecule has 0 spiro atoms. The first-order valence-corrected chi connectivity index (χ1v) is 6.03. The van der Waals surface area contributed by atoms with Crippen molar-refractivity contribution in [2.24, 2.45) is 0 Å². The summed E-state index contributed by atoms with van der Waals surface area (Å²) in [6.07, 6.45) is 0.974. The minimum Gasteiger partial charge on any atom is -0.319 e. The second-order valence-electron chi connectivity index (χ2n) is 4.31. The maximum atomic E-state index is 12.1. The molecule has 0 atom stereocenters. The van der Waals surface area contributed by atoms with Gasteiger partial charge in [0.25, 0.3) is 5.91 Å². The summed E-state index contributed by atoms with van der Waals surface area (Å²) in [5, 5.41) is 9.78. The molecule has 0 radical (unpaired) electrons. The number of nitrogens with one attached hydrogen (secondary N) is 2. The molecule has 0 fully saturated rings. The molecular weight excluding hydrogens is 226 g/mol. The van der Waals surface area contributed by atoms with Crippen molar-refractivity contribution in [3.63, 3.8) is 0 Å². The van der Waals surface area contributed by atoms with Crippen molar-refractivity contribution >= 4 is 11.6 Å². The minimum atomic E-state index is -0.106. The first-order chi connectivity index (χ1) is 8.61. The van der Waals surface area contributed by atoms with Gasteiger partial charge in [0.15, 0.2) is 0 Å². The highest BCUT2D eigenvalue weighted by atomic mass is 16.1. The van der Waals surface area contributed by atoms with Gasteiger partial charge in [-0.3, -0.25) is 9.89 Å². The molecule has 0 aliphatic carbocycles. The van der Waals surface area contributed by atoms with E-state index in [-0.39, 0.29) is 5.91 Å². The first kappa shape index (κ1) is 12.4. The number of hydrogen-bond donors (Lipinski definition) is 2. The van der Waals surface area contributed by atoms with Crippen LogP contribution in [0, 0.1) is 13.8 Å². The van der Waals surface area contributed by atoms with Crippen molar-refractivity contribution in [1.29, 1.82) is 0 Å². The quantitative estimate of drug-likeness (QED) is 0.870. The van der Waals surface area contributed by atoms with Gasteiger partial charge < -0.3 is 5.32 Å². The lowest BCUT2D eigenvalue weighted by Crippen LogP contribution is -2.12. The number of aromatic nitrogens is 2. The van der Waals surface area contributed by atoms with E-state index in [1.54, 1.807) is 0 Å². The van der Waals surface area contributed by atoms with Gasteiger partial charge in [0, 0.05) is 5.56 Å². The predicted molar refractivity (Wildman–Crippen MR) is 71.8 cm³/mol. The molecule has 94 valence electrons. The lowest BCUT2D eigenvalue weighted by molar-refractivity contribution is 0.102. The predicted octanol–water partition coefficient (Wildman–Crippen LogP) is 2.84. The number of aryl methyl sites for hydroxylation is 3. The lowest BCUT2D eigenvalue weighted by atomic mass is 10.1. The summed E-state index contributed by atoms with van der Waals surface area (Å²) < 4.78 is 0. The highest BCUT2D eigenvalue weighted by molar-refractivity contribution is 6.04. The van der Waals surface area contributed by atoms with Gasteiger partial charge in [0.1, 0.15) is 0 Å². The standard InChI is InChI=1S/C14H17N3O/c1-4-11-5-7-12(8-6-11)14(18)15-13-9(2)16-17-10(13)3/h5-8H,4H2,1-3H3,(H,15,18)(H,16,17). The Bertz CT molecular complexity index is 535. The third-order valence-electron chi connectivity index (χ3n) is 2.99. The number of benzene rings is 1. The first-order valence-electron chi connectivity index (χ1n) is 6.03. The molecule has 1 aromatic carbocycles. The summed E-state index contributed by atoms with van der Waals surface area (Å²) in [6, 6.07) is 7.64. The van der Waals surface area contributed by atoms with E-state index < -0.39 is 0 Å². The van der Waals surface area contributed by atoms with Gasteiger partial charge in [0.2, 0.25) is 0 Å². The fraction of sp³-hybridized carbons (Fsp3) is 0.286. The van der Waals surface area contributed by atoms with Gasteiger partial charge in [0.05, 0.1) is 17.1 Å². The maximum absolute atomic E-state index is 12.1. The molecule has 4 heteroatoms. The summed E-state index contributed by atoms with van der Waals surface area (Å²) in [5.74, 6) is -0.106. The van der Waals surface area contributed by atoms with Crippen LogP contribution in [0.25, 0.3) is 0 Å². The van der Waals surface area contributed by atoms with Crippen LogP contribution in [0.3, 0.4) is 0 Å². The molecule has 4 nitrogen and oxygen atoms in total. The molecule has 18 heavy (non-hydrogen) atoms. The van der Waals surface area contributed by atoms with Crippen LogP contribution in [0.1, 0.15) is 34.2 Å². The number of nitrogens with zero attached hydrogens (tertiary/aromatic N) is 1. The number of amides is 1. The van der Waals surface area contributed by atoms with Crippen molar-refractivity contribution in [2.75, 3.05) is 5.32 Å². The Morgan fingerprint density at radius 2 is 1.94 bits per heavy atom. The second-order valence-corrected chi connectivity index (χ2v) is 4.31. The topological polar surface area (TPSA) is 57.8 Å². The van der Waals surface area contributed by atoms with E-state index in [0.29, 0.717) is 5.56 Å². The average molecular weight is 243 g/mol. The van der Waals surface area contributed by atoms with Gasteiger partial charge in [-0.1, -0.05) is 19.1 Å². The second kappa shape index (κ2) is 5.04. The highest BCUT2D eigenvalue weighted by Gasteiger charge is 2.11. The van der Waals surface area contributed by atoms with Crippen molar-refractivity contribution in [1.82, 2.24) is 10.2 Å². The van der Waals surface area contributed by atoms with E-state index in [0.717, 1.165) is 23.5 Å². The number of hydrogen-bond acceptors (Lipinski definition) is 2. The third kappa shape index (κ3) is 2.42. The molecule has 0 aliphatic heterocycles. The van der Waals surface area contributed by atoms with Gasteiger partial charge in [-0.05, 0) is 38.0 Å². The molecule has 2 aromatic rings. The molecule has 1 heterocycles. The van der Waals surface area contributed by atoms with Gasteiger partial charge in [-0.2, -0.15) is 5.10 Å². The number of anilines is 1. The molecule has 0 bridgehead atoms. The van der Waals surface area contributed by atoms with Crippen LogP contribution < -0.4 is 5.32 Å². The van der Waals surface area contributed by atoms with Crippen LogP contribution in [0.2, 0.25) is 0 Å². The van der Waals surface area contributed by atoms with Gasteiger partial charge in [-0.25, -0.2) is 0 Å². The fourth-order valence-corrected chi connectivity index (χ4v) is 1.81. The Morgan fingerprint density at radius 3 is 2.44 bits per heavy atom. The molecule has 2 rings (SSSR count). The van der Waals surface area contributed by atoms with Crippen molar-refractivity contribution in [3.05, 3.63) is 46.8 Å². The smallest absolute Gasteiger partial charge is 0.255 e. The van der Waals surface area contributed by atoms with Crippen molar-refractivity contribution in [3.8, 4) is 0 Å². The Kier molecular flexibility index (Phi) is 3.46. The number of aromatic amines is 1. The lowest BCUT2D eigenvalue weighted by Gasteiger charge is -2.05. The number of H-pyrrole nitrogens is 1. The van der Waals surface area contributed by atoms with Crippen LogP contribution in [0.4, 0.5) is 5.69 Å². The van der Waals surface area contributed by atoms with E-state index in [4.69, 9.17) is 0 Å². The summed E-state index contributed by atoms with van der Waals surface area (Å²) in [6.45, 7) is 5.84. The van der Waals surface area contributed by atoms with Crippen LogP contribution in [0.5, 0.6) is 0 Å². The Morgan fingerprint density at radius 1 is 1.28 bits per heavy atom. The largest absolute Gasteiger partial charge is 0.319 e. The van der Waals surface area contributed by atoms with Crippen LogP contribution in [-0.2, 0) is 6.42 Å².